The summed E-state index contributed by atoms with van der Waals surface area (Å²) in [6.07, 6.45) is 0. The van der Waals surface area contributed by atoms with Crippen LogP contribution < -0.4 is 15.2 Å². The van der Waals surface area contributed by atoms with Crippen LogP contribution in [0.25, 0.3) is 0 Å². The highest BCUT2D eigenvalue weighted by atomic mass is 16.5. The molecule has 118 valence electrons. The van der Waals surface area contributed by atoms with Crippen molar-refractivity contribution in [3.8, 4) is 11.5 Å². The molecule has 0 saturated carbocycles. The molecule has 0 saturated heterocycles. The quantitative estimate of drug-likeness (QED) is 0.870. The molecule has 1 amide bonds. The van der Waals surface area contributed by atoms with Crippen LogP contribution in [0, 0.1) is 5.41 Å². The van der Waals surface area contributed by atoms with Crippen molar-refractivity contribution >= 4 is 5.91 Å². The van der Waals surface area contributed by atoms with Gasteiger partial charge in [-0.1, -0.05) is 20.8 Å². The number of nitrogens with two attached hydrogens (primary N) is 1. The van der Waals surface area contributed by atoms with Crippen molar-refractivity contribution < 1.29 is 14.3 Å². The van der Waals surface area contributed by atoms with Gasteiger partial charge in [0.15, 0.2) is 0 Å². The van der Waals surface area contributed by atoms with Crippen LogP contribution in [0.3, 0.4) is 0 Å². The zero-order valence-corrected chi connectivity index (χ0v) is 13.6. The Labute approximate surface area is 127 Å². The largest absolute Gasteiger partial charge is 0.497 e. The van der Waals surface area contributed by atoms with Crippen LogP contribution in [0.4, 0.5) is 0 Å². The van der Waals surface area contributed by atoms with Crippen LogP contribution in [0.2, 0.25) is 0 Å². The Morgan fingerprint density at radius 2 is 1.76 bits per heavy atom. The van der Waals surface area contributed by atoms with Gasteiger partial charge in [0, 0.05) is 7.05 Å². The Hall–Kier alpha value is -1.75. The average molecular weight is 294 g/mol. The fourth-order valence-corrected chi connectivity index (χ4v) is 1.69. The Morgan fingerprint density at radius 3 is 2.24 bits per heavy atom. The molecule has 2 N–H and O–H groups in total. The lowest BCUT2D eigenvalue weighted by Crippen LogP contribution is -2.49. The van der Waals surface area contributed by atoms with Gasteiger partial charge >= 0.3 is 0 Å². The number of likely N-dealkylation sites (N-methyl/N-ethyl adjacent to an activating group) is 1. The van der Waals surface area contributed by atoms with Crippen LogP contribution in [-0.2, 0) is 4.79 Å². The number of nitrogens with zero attached hydrogens (tertiary/aromatic N) is 1. The first-order valence-corrected chi connectivity index (χ1v) is 7.03. The predicted molar refractivity (Wildman–Crippen MR) is 83.6 cm³/mol. The van der Waals surface area contributed by atoms with Crippen LogP contribution in [0.15, 0.2) is 24.3 Å². The third-order valence-corrected chi connectivity index (χ3v) is 3.33. The van der Waals surface area contributed by atoms with Crippen LogP contribution >= 0.6 is 0 Å². The summed E-state index contributed by atoms with van der Waals surface area (Å²) in [5, 5.41) is 0. The number of ether oxygens (including phenoxy) is 2. The van der Waals surface area contributed by atoms with Crippen molar-refractivity contribution in [2.24, 2.45) is 11.1 Å². The summed E-state index contributed by atoms with van der Waals surface area (Å²) < 4.78 is 10.7. The van der Waals surface area contributed by atoms with E-state index in [1.54, 1.807) is 19.1 Å². The normalized spacial score (nSPS) is 12.7. The molecule has 0 radical (unpaired) electrons. The molecule has 21 heavy (non-hydrogen) atoms. The molecular weight excluding hydrogens is 268 g/mol. The van der Waals surface area contributed by atoms with E-state index in [2.05, 4.69) is 0 Å². The molecule has 0 heterocycles. The smallest absolute Gasteiger partial charge is 0.239 e. The van der Waals surface area contributed by atoms with Crippen molar-refractivity contribution in [2.45, 2.75) is 26.8 Å². The number of hydrogen-bond acceptors (Lipinski definition) is 4. The minimum absolute atomic E-state index is 0.0687. The molecule has 1 rings (SSSR count). The SMILES string of the molecule is COc1ccc(OCCN(C)C(=O)[C@@H](N)C(C)(C)C)cc1. The first-order valence-electron chi connectivity index (χ1n) is 7.03. The fraction of sp³-hybridized carbons (Fsp3) is 0.562. The first kappa shape index (κ1) is 17.3. The van der Waals surface area contributed by atoms with E-state index in [0.29, 0.717) is 13.2 Å². The van der Waals surface area contributed by atoms with Crippen LogP contribution in [0.1, 0.15) is 20.8 Å². The van der Waals surface area contributed by atoms with Gasteiger partial charge in [0.05, 0.1) is 19.7 Å². The number of carbonyl (C=O) groups excluding carboxylic acids is 1. The average Bonchev–Trinajstić information content (AvgIpc) is 2.45. The molecule has 0 aliphatic heterocycles. The van der Waals surface area contributed by atoms with E-state index in [-0.39, 0.29) is 11.3 Å². The second-order valence-corrected chi connectivity index (χ2v) is 6.13. The van der Waals surface area contributed by atoms with Crippen molar-refractivity contribution in [2.75, 3.05) is 27.3 Å². The van der Waals surface area contributed by atoms with Gasteiger partial charge in [-0.05, 0) is 29.7 Å². The van der Waals surface area contributed by atoms with Gasteiger partial charge in [-0.15, -0.1) is 0 Å². The maximum absolute atomic E-state index is 12.1. The second-order valence-electron chi connectivity index (χ2n) is 6.13. The highest BCUT2D eigenvalue weighted by Gasteiger charge is 2.29. The maximum Gasteiger partial charge on any atom is 0.239 e. The first-order chi connectivity index (χ1) is 9.75. The summed E-state index contributed by atoms with van der Waals surface area (Å²) in [6.45, 7) is 6.78. The summed E-state index contributed by atoms with van der Waals surface area (Å²) in [7, 11) is 3.36. The van der Waals surface area contributed by atoms with E-state index >= 15 is 0 Å². The van der Waals surface area contributed by atoms with E-state index in [0.717, 1.165) is 11.5 Å². The Bertz CT molecular complexity index is 452. The molecule has 1 atom stereocenters. The number of amides is 1. The van der Waals surface area contributed by atoms with E-state index in [9.17, 15) is 4.79 Å². The number of hydrogen-bond donors (Lipinski definition) is 1. The second kappa shape index (κ2) is 7.31. The summed E-state index contributed by atoms with van der Waals surface area (Å²) in [5.41, 5.74) is 5.72. The van der Waals surface area contributed by atoms with Gasteiger partial charge in [-0.3, -0.25) is 4.79 Å². The van der Waals surface area contributed by atoms with Gasteiger partial charge in [0.2, 0.25) is 5.91 Å². The van der Waals surface area contributed by atoms with Crippen molar-refractivity contribution in [3.05, 3.63) is 24.3 Å². The lowest BCUT2D eigenvalue weighted by atomic mass is 9.86. The lowest BCUT2D eigenvalue weighted by molar-refractivity contribution is -0.133. The maximum atomic E-state index is 12.1. The number of methoxy groups -OCH3 is 1. The van der Waals surface area contributed by atoms with Gasteiger partial charge in [-0.25, -0.2) is 0 Å². The minimum atomic E-state index is -0.511. The molecule has 1 aromatic rings. The monoisotopic (exact) mass is 294 g/mol. The summed E-state index contributed by atoms with van der Waals surface area (Å²) in [6, 6.07) is 6.83. The minimum Gasteiger partial charge on any atom is -0.497 e. The van der Waals surface area contributed by atoms with E-state index < -0.39 is 6.04 Å². The van der Waals surface area contributed by atoms with E-state index in [1.165, 1.54) is 0 Å². The fourth-order valence-electron chi connectivity index (χ4n) is 1.69. The van der Waals surface area contributed by atoms with Crippen molar-refractivity contribution in [1.29, 1.82) is 0 Å². The topological polar surface area (TPSA) is 64.8 Å². The zero-order chi connectivity index (χ0) is 16.0. The Kier molecular flexibility index (Phi) is 6.03. The van der Waals surface area contributed by atoms with E-state index in [1.807, 2.05) is 45.0 Å². The molecule has 0 unspecified atom stereocenters. The van der Waals surface area contributed by atoms with Crippen molar-refractivity contribution in [1.82, 2.24) is 4.90 Å². The number of benzene rings is 1. The Balaban J connectivity index is 2.42. The van der Waals surface area contributed by atoms with Crippen molar-refractivity contribution in [3.63, 3.8) is 0 Å². The molecule has 0 bridgehead atoms. The molecule has 0 aliphatic rings. The summed E-state index contributed by atoms with van der Waals surface area (Å²) >= 11 is 0. The molecular formula is C16H26N2O3. The van der Waals surface area contributed by atoms with Gasteiger partial charge in [0.1, 0.15) is 18.1 Å². The molecule has 0 spiro atoms. The van der Waals surface area contributed by atoms with Gasteiger partial charge < -0.3 is 20.1 Å². The summed E-state index contributed by atoms with van der Waals surface area (Å²) in [4.78, 5) is 13.8. The van der Waals surface area contributed by atoms with Crippen LogP contribution in [-0.4, -0.2) is 44.2 Å². The molecule has 1 aromatic carbocycles. The standard InChI is InChI=1S/C16H26N2O3/c1-16(2,3)14(17)15(19)18(4)10-11-21-13-8-6-12(20-5)7-9-13/h6-9,14H,10-11,17H2,1-5H3/t14-/m1/s1. The summed E-state index contributed by atoms with van der Waals surface area (Å²) in [5.74, 6) is 1.46. The third kappa shape index (κ3) is 5.27. The van der Waals surface area contributed by atoms with Crippen LogP contribution in [0.5, 0.6) is 11.5 Å². The highest BCUT2D eigenvalue weighted by molar-refractivity contribution is 5.82. The highest BCUT2D eigenvalue weighted by Crippen LogP contribution is 2.19. The molecule has 0 aliphatic carbocycles. The molecule has 5 heteroatoms. The van der Waals surface area contributed by atoms with E-state index in [4.69, 9.17) is 15.2 Å². The zero-order valence-electron chi connectivity index (χ0n) is 13.6. The lowest BCUT2D eigenvalue weighted by Gasteiger charge is -2.29. The molecule has 0 fully saturated rings. The number of carbonyl (C=O) groups is 1. The Morgan fingerprint density at radius 1 is 1.24 bits per heavy atom. The molecule has 5 nitrogen and oxygen atoms in total. The predicted octanol–water partition coefficient (Wildman–Crippen LogP) is 1.91. The number of rotatable bonds is 6. The van der Waals surface area contributed by atoms with Gasteiger partial charge in [-0.2, -0.15) is 0 Å². The molecule has 0 aromatic heterocycles. The third-order valence-electron chi connectivity index (χ3n) is 3.33. The van der Waals surface area contributed by atoms with Gasteiger partial charge in [0.25, 0.3) is 0 Å².